The van der Waals surface area contributed by atoms with E-state index in [0.717, 1.165) is 24.8 Å². The van der Waals surface area contributed by atoms with E-state index in [2.05, 4.69) is 4.98 Å². The maximum Gasteiger partial charge on any atom is 0.443 e. The molecule has 1 heterocycles. The number of halogens is 3. The number of nitrogens with zero attached hydrogens (tertiary/aromatic N) is 1. The molecule has 106 valence electrons. The number of hydrogen-bond acceptors (Lipinski definition) is 3. The van der Waals surface area contributed by atoms with Crippen molar-refractivity contribution in [3.63, 3.8) is 0 Å². The third-order valence-corrected chi connectivity index (χ3v) is 4.68. The summed E-state index contributed by atoms with van der Waals surface area (Å²) in [6, 6.07) is 5.40. The Labute approximate surface area is 118 Å². The van der Waals surface area contributed by atoms with Gasteiger partial charge in [-0.3, -0.25) is 0 Å². The molecule has 1 atom stereocenters. The van der Waals surface area contributed by atoms with E-state index in [-0.39, 0.29) is 0 Å². The first-order chi connectivity index (χ1) is 9.45. The van der Waals surface area contributed by atoms with Gasteiger partial charge in [-0.15, -0.1) is 11.3 Å². The van der Waals surface area contributed by atoms with E-state index in [4.69, 9.17) is 5.73 Å². The number of aromatic nitrogens is 1. The van der Waals surface area contributed by atoms with E-state index < -0.39 is 17.2 Å². The van der Waals surface area contributed by atoms with Gasteiger partial charge < -0.3 is 5.73 Å². The van der Waals surface area contributed by atoms with E-state index in [1.54, 1.807) is 0 Å². The van der Waals surface area contributed by atoms with Crippen LogP contribution in [0.3, 0.4) is 0 Å². The van der Waals surface area contributed by atoms with Crippen LogP contribution in [0.2, 0.25) is 0 Å². The lowest BCUT2D eigenvalue weighted by Crippen LogP contribution is -2.10. The number of fused-ring (bicyclic) bond motifs is 1. The van der Waals surface area contributed by atoms with Gasteiger partial charge in [0, 0.05) is 11.1 Å². The first-order valence-corrected chi connectivity index (χ1v) is 7.17. The predicted octanol–water partition coefficient (Wildman–Crippen LogP) is 3.70. The van der Waals surface area contributed by atoms with Crippen LogP contribution in [0.5, 0.6) is 0 Å². The van der Waals surface area contributed by atoms with Crippen molar-refractivity contribution in [2.45, 2.75) is 31.5 Å². The second-order valence-corrected chi connectivity index (χ2v) is 5.99. The smallest absolute Gasteiger partial charge is 0.320 e. The van der Waals surface area contributed by atoms with Crippen molar-refractivity contribution in [3.8, 4) is 0 Å². The van der Waals surface area contributed by atoms with Crippen molar-refractivity contribution >= 4 is 11.3 Å². The number of benzene rings is 1. The molecule has 2 N–H and O–H groups in total. The van der Waals surface area contributed by atoms with Gasteiger partial charge in [0.25, 0.3) is 0 Å². The summed E-state index contributed by atoms with van der Waals surface area (Å²) in [7, 11) is 0. The Kier molecular flexibility index (Phi) is 3.30. The second-order valence-electron chi connectivity index (χ2n) is 4.92. The molecule has 2 aromatic rings. The van der Waals surface area contributed by atoms with Gasteiger partial charge in [-0.2, -0.15) is 13.2 Å². The first-order valence-electron chi connectivity index (χ1n) is 6.35. The molecule has 1 aliphatic carbocycles. The van der Waals surface area contributed by atoms with Crippen molar-refractivity contribution in [3.05, 3.63) is 51.0 Å². The average Bonchev–Trinajstić information content (AvgIpc) is 3.05. The van der Waals surface area contributed by atoms with Gasteiger partial charge in [0.2, 0.25) is 0 Å². The average molecular weight is 298 g/mol. The zero-order valence-electron chi connectivity index (χ0n) is 10.6. The molecular weight excluding hydrogens is 285 g/mol. The molecule has 0 radical (unpaired) electrons. The fraction of sp³-hybridized carbons (Fsp3) is 0.357. The highest BCUT2D eigenvalue weighted by Gasteiger charge is 2.35. The van der Waals surface area contributed by atoms with E-state index in [1.165, 1.54) is 17.3 Å². The van der Waals surface area contributed by atoms with E-state index >= 15 is 0 Å². The van der Waals surface area contributed by atoms with Crippen LogP contribution < -0.4 is 5.73 Å². The minimum Gasteiger partial charge on any atom is -0.320 e. The number of alkyl halides is 3. The third kappa shape index (κ3) is 2.45. The standard InChI is InChI=1S/C14H13F3N2S/c15-14(16,17)13-19-7-11(20-13)12(18)10-5-4-8-2-1-3-9(8)6-10/h4-7,12H,1-3,18H2. The van der Waals surface area contributed by atoms with Crippen molar-refractivity contribution < 1.29 is 13.2 Å². The Morgan fingerprint density at radius 3 is 2.65 bits per heavy atom. The zero-order valence-corrected chi connectivity index (χ0v) is 11.4. The highest BCUT2D eigenvalue weighted by molar-refractivity contribution is 7.11. The molecule has 0 aliphatic heterocycles. The highest BCUT2D eigenvalue weighted by Crippen LogP contribution is 2.36. The van der Waals surface area contributed by atoms with Crippen LogP contribution in [0, 0.1) is 0 Å². The Balaban J connectivity index is 1.89. The molecule has 0 amide bonds. The maximum absolute atomic E-state index is 12.6. The lowest BCUT2D eigenvalue weighted by atomic mass is 10.0. The molecule has 6 heteroatoms. The predicted molar refractivity (Wildman–Crippen MR) is 71.6 cm³/mol. The van der Waals surface area contributed by atoms with Crippen LogP contribution >= 0.6 is 11.3 Å². The topological polar surface area (TPSA) is 38.9 Å². The number of rotatable bonds is 2. The molecule has 0 spiro atoms. The quantitative estimate of drug-likeness (QED) is 0.918. The van der Waals surface area contributed by atoms with Crippen LogP contribution in [0.15, 0.2) is 24.4 Å². The van der Waals surface area contributed by atoms with Gasteiger partial charge in [-0.25, -0.2) is 4.98 Å². The maximum atomic E-state index is 12.6. The van der Waals surface area contributed by atoms with Crippen LogP contribution in [0.4, 0.5) is 13.2 Å². The monoisotopic (exact) mass is 298 g/mol. The number of thiazole rings is 1. The van der Waals surface area contributed by atoms with E-state index in [1.807, 2.05) is 18.2 Å². The first kappa shape index (κ1) is 13.6. The largest absolute Gasteiger partial charge is 0.443 e. The fourth-order valence-corrected chi connectivity index (χ4v) is 3.32. The SMILES string of the molecule is NC(c1ccc2c(c1)CCC2)c1cnc(C(F)(F)F)s1. The Morgan fingerprint density at radius 1 is 1.20 bits per heavy atom. The molecule has 0 bridgehead atoms. The van der Waals surface area contributed by atoms with E-state index in [0.29, 0.717) is 16.2 Å². The summed E-state index contributed by atoms with van der Waals surface area (Å²) in [5.74, 6) is 0. The molecule has 0 saturated heterocycles. The lowest BCUT2D eigenvalue weighted by molar-refractivity contribution is -0.137. The van der Waals surface area contributed by atoms with Crippen molar-refractivity contribution in [1.82, 2.24) is 4.98 Å². The molecule has 1 aromatic heterocycles. The van der Waals surface area contributed by atoms with Gasteiger partial charge >= 0.3 is 6.18 Å². The Hall–Kier alpha value is -1.40. The minimum absolute atomic E-state index is 0.440. The summed E-state index contributed by atoms with van der Waals surface area (Å²) < 4.78 is 37.7. The van der Waals surface area contributed by atoms with Crippen LogP contribution in [0.25, 0.3) is 0 Å². The molecule has 3 rings (SSSR count). The summed E-state index contributed by atoms with van der Waals surface area (Å²) >= 11 is 0.615. The molecule has 0 fully saturated rings. The van der Waals surface area contributed by atoms with Crippen LogP contribution in [-0.2, 0) is 19.0 Å². The summed E-state index contributed by atoms with van der Waals surface area (Å²) in [5, 5.41) is -0.843. The zero-order chi connectivity index (χ0) is 14.3. The summed E-state index contributed by atoms with van der Waals surface area (Å²) in [5.41, 5.74) is 9.50. The number of hydrogen-bond donors (Lipinski definition) is 1. The highest BCUT2D eigenvalue weighted by atomic mass is 32.1. The molecule has 1 aromatic carbocycles. The second kappa shape index (κ2) is 4.86. The van der Waals surface area contributed by atoms with Gasteiger partial charge in [-0.1, -0.05) is 18.2 Å². The molecule has 2 nitrogen and oxygen atoms in total. The van der Waals surface area contributed by atoms with Crippen LogP contribution in [0.1, 0.15) is 39.0 Å². The van der Waals surface area contributed by atoms with Gasteiger partial charge in [0.05, 0.1) is 6.04 Å². The molecular formula is C14H13F3N2S. The summed E-state index contributed by atoms with van der Waals surface area (Å²) in [4.78, 5) is 3.86. The van der Waals surface area contributed by atoms with Gasteiger partial charge in [-0.05, 0) is 36.0 Å². The van der Waals surface area contributed by atoms with Crippen molar-refractivity contribution in [1.29, 1.82) is 0 Å². The Bertz CT molecular complexity index is 634. The van der Waals surface area contributed by atoms with Crippen LogP contribution in [-0.4, -0.2) is 4.98 Å². The van der Waals surface area contributed by atoms with Gasteiger partial charge in [0.1, 0.15) is 0 Å². The van der Waals surface area contributed by atoms with Gasteiger partial charge in [0.15, 0.2) is 5.01 Å². The molecule has 1 aliphatic rings. The Morgan fingerprint density at radius 2 is 1.95 bits per heavy atom. The van der Waals surface area contributed by atoms with Crippen molar-refractivity contribution in [2.24, 2.45) is 5.73 Å². The fourth-order valence-electron chi connectivity index (χ4n) is 2.51. The van der Waals surface area contributed by atoms with E-state index in [9.17, 15) is 13.2 Å². The molecule has 20 heavy (non-hydrogen) atoms. The minimum atomic E-state index is -4.40. The third-order valence-electron chi connectivity index (χ3n) is 3.55. The summed E-state index contributed by atoms with van der Waals surface area (Å²) in [6.45, 7) is 0. The molecule has 0 saturated carbocycles. The number of nitrogens with two attached hydrogens (primary N) is 1. The van der Waals surface area contributed by atoms with Crippen molar-refractivity contribution in [2.75, 3.05) is 0 Å². The number of aryl methyl sites for hydroxylation is 2. The lowest BCUT2D eigenvalue weighted by Gasteiger charge is -2.11. The normalized spacial score (nSPS) is 16.2. The summed E-state index contributed by atoms with van der Waals surface area (Å²) in [6.07, 6.45) is 0.0504. The molecule has 1 unspecified atom stereocenters.